The maximum Gasteiger partial charge on any atom is 0.0723 e. The molecule has 0 aliphatic carbocycles. The maximum atomic E-state index is 6.41. The monoisotopic (exact) mass is 296 g/mol. The molecule has 1 fully saturated rings. The second kappa shape index (κ2) is 7.30. The smallest absolute Gasteiger partial charge is 0.0723 e. The van der Waals surface area contributed by atoms with Crippen LogP contribution in [0.15, 0.2) is 18.2 Å². The average Bonchev–Trinajstić information content (AvgIpc) is 2.45. The molecule has 2 atom stereocenters. The van der Waals surface area contributed by atoms with Crippen LogP contribution in [0.1, 0.15) is 32.8 Å². The Hall–Kier alpha value is -0.770. The molecule has 0 aromatic heterocycles. The Bertz CT molecular complexity index is 438. The molecule has 0 radical (unpaired) electrons. The van der Waals surface area contributed by atoms with Crippen molar-refractivity contribution >= 4 is 17.3 Å². The van der Waals surface area contributed by atoms with E-state index in [9.17, 15) is 0 Å². The zero-order chi connectivity index (χ0) is 14.5. The molecule has 0 spiro atoms. The van der Waals surface area contributed by atoms with E-state index in [4.69, 9.17) is 16.3 Å². The van der Waals surface area contributed by atoms with Crippen molar-refractivity contribution in [3.8, 4) is 0 Å². The Kier molecular flexibility index (Phi) is 5.70. The number of rotatable bonds is 5. The normalized spacial score (nSPS) is 23.1. The first-order valence-corrected chi connectivity index (χ1v) is 7.91. The van der Waals surface area contributed by atoms with Crippen LogP contribution < -0.4 is 10.2 Å². The number of nitrogens with one attached hydrogen (secondary N) is 1. The third kappa shape index (κ3) is 3.46. The Morgan fingerprint density at radius 3 is 2.90 bits per heavy atom. The van der Waals surface area contributed by atoms with Crippen molar-refractivity contribution in [3.63, 3.8) is 0 Å². The molecule has 1 aliphatic heterocycles. The van der Waals surface area contributed by atoms with Gasteiger partial charge < -0.3 is 15.0 Å². The highest BCUT2D eigenvalue weighted by Gasteiger charge is 2.27. The number of ether oxygens (including phenoxy) is 1. The van der Waals surface area contributed by atoms with Crippen LogP contribution in [0.2, 0.25) is 5.02 Å². The van der Waals surface area contributed by atoms with Gasteiger partial charge in [0.25, 0.3) is 0 Å². The van der Waals surface area contributed by atoms with Crippen molar-refractivity contribution in [2.45, 2.75) is 45.9 Å². The second-order valence-electron chi connectivity index (χ2n) is 5.38. The molecule has 20 heavy (non-hydrogen) atoms. The molecular formula is C16H25ClN2O. The van der Waals surface area contributed by atoms with Gasteiger partial charge in [-0.15, -0.1) is 0 Å². The van der Waals surface area contributed by atoms with Crippen molar-refractivity contribution in [2.75, 3.05) is 24.6 Å². The zero-order valence-electron chi connectivity index (χ0n) is 12.7. The van der Waals surface area contributed by atoms with Crippen LogP contribution in [0.4, 0.5) is 5.69 Å². The highest BCUT2D eigenvalue weighted by atomic mass is 35.5. The summed E-state index contributed by atoms with van der Waals surface area (Å²) < 4.78 is 5.79. The first-order valence-electron chi connectivity index (χ1n) is 7.53. The second-order valence-corrected chi connectivity index (χ2v) is 5.78. The highest BCUT2D eigenvalue weighted by Crippen LogP contribution is 2.31. The first kappa shape index (κ1) is 15.6. The molecule has 0 amide bonds. The fourth-order valence-corrected chi connectivity index (χ4v) is 2.96. The number of morpholine rings is 1. The quantitative estimate of drug-likeness (QED) is 0.901. The van der Waals surface area contributed by atoms with Gasteiger partial charge in [0.15, 0.2) is 0 Å². The van der Waals surface area contributed by atoms with E-state index >= 15 is 0 Å². The number of benzene rings is 1. The molecule has 4 heteroatoms. The van der Waals surface area contributed by atoms with Crippen LogP contribution in [-0.4, -0.2) is 31.8 Å². The summed E-state index contributed by atoms with van der Waals surface area (Å²) in [5, 5.41) is 4.23. The summed E-state index contributed by atoms with van der Waals surface area (Å²) in [4.78, 5) is 2.46. The molecule has 3 nitrogen and oxygen atoms in total. The third-order valence-electron chi connectivity index (χ3n) is 3.89. The number of hydrogen-bond donors (Lipinski definition) is 1. The lowest BCUT2D eigenvalue weighted by Gasteiger charge is -2.41. The maximum absolute atomic E-state index is 6.41. The van der Waals surface area contributed by atoms with Crippen LogP contribution in [-0.2, 0) is 11.3 Å². The predicted molar refractivity (Wildman–Crippen MR) is 85.7 cm³/mol. The van der Waals surface area contributed by atoms with Gasteiger partial charge in [-0.1, -0.05) is 31.5 Å². The zero-order valence-corrected chi connectivity index (χ0v) is 13.4. The van der Waals surface area contributed by atoms with E-state index < -0.39 is 0 Å². The lowest BCUT2D eigenvalue weighted by Crippen LogP contribution is -2.49. The number of halogens is 1. The SMILES string of the molecule is CCNCc1c(Cl)cccc1N1CC(C)OCC1CC. The third-order valence-corrected chi connectivity index (χ3v) is 4.25. The Morgan fingerprint density at radius 1 is 1.40 bits per heavy atom. The van der Waals surface area contributed by atoms with E-state index in [2.05, 4.69) is 37.1 Å². The molecular weight excluding hydrogens is 272 g/mol. The van der Waals surface area contributed by atoms with Gasteiger partial charge in [0.2, 0.25) is 0 Å². The highest BCUT2D eigenvalue weighted by molar-refractivity contribution is 6.31. The van der Waals surface area contributed by atoms with Crippen molar-refractivity contribution < 1.29 is 4.74 Å². The lowest BCUT2D eigenvalue weighted by atomic mass is 10.1. The predicted octanol–water partition coefficient (Wildman–Crippen LogP) is 3.45. The minimum atomic E-state index is 0.267. The molecule has 0 saturated carbocycles. The summed E-state index contributed by atoms with van der Waals surface area (Å²) in [5.41, 5.74) is 2.45. The van der Waals surface area contributed by atoms with Crippen LogP contribution in [0, 0.1) is 0 Å². The molecule has 2 rings (SSSR count). The van der Waals surface area contributed by atoms with Gasteiger partial charge in [0.05, 0.1) is 18.8 Å². The average molecular weight is 297 g/mol. The topological polar surface area (TPSA) is 24.5 Å². The summed E-state index contributed by atoms with van der Waals surface area (Å²) in [6, 6.07) is 6.63. The van der Waals surface area contributed by atoms with Gasteiger partial charge >= 0.3 is 0 Å². The number of nitrogens with zero attached hydrogens (tertiary/aromatic N) is 1. The molecule has 1 N–H and O–H groups in total. The van der Waals surface area contributed by atoms with Crippen molar-refractivity contribution in [3.05, 3.63) is 28.8 Å². The van der Waals surface area contributed by atoms with E-state index in [1.807, 2.05) is 12.1 Å². The van der Waals surface area contributed by atoms with Gasteiger partial charge in [0.1, 0.15) is 0 Å². The molecule has 1 aromatic rings. The molecule has 1 heterocycles. The first-order chi connectivity index (χ1) is 9.67. The van der Waals surface area contributed by atoms with Gasteiger partial charge in [-0.3, -0.25) is 0 Å². The summed E-state index contributed by atoms with van der Waals surface area (Å²) in [5.74, 6) is 0. The largest absolute Gasteiger partial charge is 0.375 e. The Morgan fingerprint density at radius 2 is 2.20 bits per heavy atom. The van der Waals surface area contributed by atoms with Crippen molar-refractivity contribution in [1.82, 2.24) is 5.32 Å². The fraction of sp³-hybridized carbons (Fsp3) is 0.625. The van der Waals surface area contributed by atoms with Crippen LogP contribution in [0.25, 0.3) is 0 Å². The van der Waals surface area contributed by atoms with Gasteiger partial charge in [-0.25, -0.2) is 0 Å². The molecule has 1 saturated heterocycles. The van der Waals surface area contributed by atoms with Crippen LogP contribution >= 0.6 is 11.6 Å². The number of anilines is 1. The van der Waals surface area contributed by atoms with E-state index in [1.165, 1.54) is 11.3 Å². The van der Waals surface area contributed by atoms with Gasteiger partial charge in [-0.2, -0.15) is 0 Å². The minimum Gasteiger partial charge on any atom is -0.375 e. The van der Waals surface area contributed by atoms with Crippen molar-refractivity contribution in [2.24, 2.45) is 0 Å². The van der Waals surface area contributed by atoms with Crippen LogP contribution in [0.5, 0.6) is 0 Å². The number of hydrogen-bond acceptors (Lipinski definition) is 3. The summed E-state index contributed by atoms with van der Waals surface area (Å²) >= 11 is 6.41. The van der Waals surface area contributed by atoms with Gasteiger partial charge in [0, 0.05) is 29.4 Å². The molecule has 1 aliphatic rings. The summed E-state index contributed by atoms with van der Waals surface area (Å²) in [6.07, 6.45) is 1.35. The Balaban J connectivity index is 2.31. The molecule has 112 valence electrons. The molecule has 2 unspecified atom stereocenters. The molecule has 1 aromatic carbocycles. The van der Waals surface area contributed by atoms with Gasteiger partial charge in [-0.05, 0) is 32.0 Å². The van der Waals surface area contributed by atoms with Crippen LogP contribution in [0.3, 0.4) is 0 Å². The van der Waals surface area contributed by atoms with E-state index in [0.29, 0.717) is 6.04 Å². The van der Waals surface area contributed by atoms with Crippen molar-refractivity contribution in [1.29, 1.82) is 0 Å². The van der Waals surface area contributed by atoms with E-state index in [0.717, 1.165) is 37.7 Å². The summed E-state index contributed by atoms with van der Waals surface area (Å²) in [6.45, 7) is 9.94. The Labute approximate surface area is 127 Å². The minimum absolute atomic E-state index is 0.267. The fourth-order valence-electron chi connectivity index (χ4n) is 2.72. The standard InChI is InChI=1S/C16H25ClN2O/c1-4-13-11-20-12(3)10-19(13)16-8-6-7-15(17)14(16)9-18-5-2/h6-8,12-13,18H,4-5,9-11H2,1-3H3. The van der Waals surface area contributed by atoms with E-state index in [-0.39, 0.29) is 6.10 Å². The summed E-state index contributed by atoms with van der Waals surface area (Å²) in [7, 11) is 0. The molecule has 0 bridgehead atoms. The lowest BCUT2D eigenvalue weighted by molar-refractivity contribution is 0.0299. The van der Waals surface area contributed by atoms with E-state index in [1.54, 1.807) is 0 Å².